The molecule has 4 rings (SSSR count). The summed E-state index contributed by atoms with van der Waals surface area (Å²) in [6.45, 7) is 4.87. The highest BCUT2D eigenvalue weighted by atomic mass is 16.5. The molecule has 1 saturated heterocycles. The van der Waals surface area contributed by atoms with Gasteiger partial charge in [-0.3, -0.25) is 9.69 Å². The number of carbonyl (C=O) groups is 1. The zero-order valence-electron chi connectivity index (χ0n) is 15.8. The third kappa shape index (κ3) is 4.01. The monoisotopic (exact) mass is 369 g/mol. The van der Waals surface area contributed by atoms with E-state index in [-0.39, 0.29) is 11.9 Å². The van der Waals surface area contributed by atoms with E-state index in [4.69, 9.17) is 9.15 Å². The van der Waals surface area contributed by atoms with Gasteiger partial charge in [0, 0.05) is 38.9 Å². The molecule has 2 aliphatic heterocycles. The number of amides is 1. The van der Waals surface area contributed by atoms with E-state index >= 15 is 0 Å². The van der Waals surface area contributed by atoms with Crippen LogP contribution in [0.4, 0.5) is 5.69 Å². The lowest BCUT2D eigenvalue weighted by molar-refractivity contribution is 0.0161. The number of morpholine rings is 1. The van der Waals surface area contributed by atoms with Gasteiger partial charge in [-0.25, -0.2) is 0 Å². The van der Waals surface area contributed by atoms with Gasteiger partial charge in [0.25, 0.3) is 5.91 Å². The molecule has 3 heterocycles. The Bertz CT molecular complexity index is 769. The smallest absolute Gasteiger partial charge is 0.287 e. The maximum Gasteiger partial charge on any atom is 0.287 e. The number of hydrogen-bond donors (Lipinski definition) is 1. The second kappa shape index (κ2) is 8.15. The molecule has 0 bridgehead atoms. The molecule has 2 aliphatic rings. The summed E-state index contributed by atoms with van der Waals surface area (Å²) in [6.07, 6.45) is 3.82. The summed E-state index contributed by atoms with van der Waals surface area (Å²) in [4.78, 5) is 17.1. The molecule has 1 amide bonds. The summed E-state index contributed by atoms with van der Waals surface area (Å²) in [5, 5.41) is 3.04. The van der Waals surface area contributed by atoms with Crippen LogP contribution >= 0.6 is 0 Å². The number of benzene rings is 1. The zero-order chi connectivity index (χ0) is 18.6. The topological polar surface area (TPSA) is 58.0 Å². The van der Waals surface area contributed by atoms with Crippen molar-refractivity contribution in [1.29, 1.82) is 0 Å². The highest BCUT2D eigenvalue weighted by Gasteiger charge is 2.25. The first-order chi connectivity index (χ1) is 13.2. The second-order valence-electron chi connectivity index (χ2n) is 7.26. The fourth-order valence-electron chi connectivity index (χ4n) is 4.04. The Hall–Kier alpha value is -2.31. The minimum atomic E-state index is -0.170. The highest BCUT2D eigenvalue weighted by molar-refractivity contribution is 5.91. The molecule has 6 nitrogen and oxygen atoms in total. The van der Waals surface area contributed by atoms with Gasteiger partial charge in [0.05, 0.1) is 25.5 Å². The fourth-order valence-corrected chi connectivity index (χ4v) is 4.04. The van der Waals surface area contributed by atoms with Crippen LogP contribution in [0.2, 0.25) is 0 Å². The summed E-state index contributed by atoms with van der Waals surface area (Å²) in [7, 11) is 2.15. The van der Waals surface area contributed by atoms with Gasteiger partial charge in [-0.1, -0.05) is 12.1 Å². The summed E-state index contributed by atoms with van der Waals surface area (Å²) in [5.41, 5.74) is 3.98. The molecule has 1 N–H and O–H groups in total. The van der Waals surface area contributed by atoms with Crippen LogP contribution in [0.3, 0.4) is 0 Å². The normalized spacial score (nSPS) is 18.8. The van der Waals surface area contributed by atoms with Crippen LogP contribution in [0, 0.1) is 0 Å². The van der Waals surface area contributed by atoms with Gasteiger partial charge in [0.1, 0.15) is 0 Å². The maximum atomic E-state index is 12.3. The van der Waals surface area contributed by atoms with Crippen molar-refractivity contribution in [2.75, 3.05) is 51.3 Å². The number of nitrogens with zero attached hydrogens (tertiary/aromatic N) is 2. The lowest BCUT2D eigenvalue weighted by Crippen LogP contribution is -2.43. The van der Waals surface area contributed by atoms with E-state index in [1.807, 2.05) is 0 Å². The number of nitrogens with one attached hydrogen (secondary N) is 1. The van der Waals surface area contributed by atoms with Crippen molar-refractivity contribution in [1.82, 2.24) is 10.2 Å². The molecule has 6 heteroatoms. The Morgan fingerprint density at radius 2 is 2.07 bits per heavy atom. The van der Waals surface area contributed by atoms with Crippen LogP contribution in [-0.2, 0) is 11.2 Å². The number of anilines is 1. The van der Waals surface area contributed by atoms with E-state index in [2.05, 4.69) is 40.4 Å². The van der Waals surface area contributed by atoms with Gasteiger partial charge >= 0.3 is 0 Å². The number of carbonyl (C=O) groups excluding carboxylic acids is 1. The van der Waals surface area contributed by atoms with Crippen LogP contribution in [0.15, 0.2) is 41.0 Å². The van der Waals surface area contributed by atoms with E-state index in [0.29, 0.717) is 12.3 Å². The first-order valence-corrected chi connectivity index (χ1v) is 9.70. The van der Waals surface area contributed by atoms with E-state index < -0.39 is 0 Å². The highest BCUT2D eigenvalue weighted by Crippen LogP contribution is 2.31. The molecule has 1 atom stereocenters. The van der Waals surface area contributed by atoms with Gasteiger partial charge in [-0.15, -0.1) is 0 Å². The lowest BCUT2D eigenvalue weighted by atomic mass is 9.95. The lowest BCUT2D eigenvalue weighted by Gasteiger charge is -2.36. The Morgan fingerprint density at radius 1 is 1.22 bits per heavy atom. The third-order valence-corrected chi connectivity index (χ3v) is 5.53. The number of ether oxygens (including phenoxy) is 1. The molecule has 1 fully saturated rings. The molecule has 0 unspecified atom stereocenters. The largest absolute Gasteiger partial charge is 0.459 e. The SMILES string of the molecule is CN1CCCc2cc([C@@H](CNC(=O)c3ccco3)N3CCOCC3)ccc21. The van der Waals surface area contributed by atoms with Crippen molar-refractivity contribution < 1.29 is 13.9 Å². The minimum Gasteiger partial charge on any atom is -0.459 e. The van der Waals surface area contributed by atoms with Crippen LogP contribution in [0.25, 0.3) is 0 Å². The summed E-state index contributed by atoms with van der Waals surface area (Å²) < 4.78 is 10.7. The van der Waals surface area contributed by atoms with E-state index in [1.54, 1.807) is 12.1 Å². The molecule has 0 spiro atoms. The van der Waals surface area contributed by atoms with Crippen molar-refractivity contribution in [3.8, 4) is 0 Å². The van der Waals surface area contributed by atoms with E-state index in [1.165, 1.54) is 29.5 Å². The van der Waals surface area contributed by atoms with Crippen LogP contribution in [0.5, 0.6) is 0 Å². The molecule has 1 aromatic heterocycles. The molecular formula is C21H27N3O3. The fraction of sp³-hybridized carbons (Fsp3) is 0.476. The number of fused-ring (bicyclic) bond motifs is 1. The summed E-state index contributed by atoms with van der Waals surface area (Å²) in [6, 6.07) is 10.3. The Balaban J connectivity index is 1.55. The predicted molar refractivity (Wildman–Crippen MR) is 104 cm³/mol. The molecule has 27 heavy (non-hydrogen) atoms. The standard InChI is InChI=1S/C21H27N3O3/c1-23-8-2-4-16-14-17(6-7-18(16)23)19(24-9-12-26-13-10-24)15-22-21(25)20-5-3-11-27-20/h3,5-7,11,14,19H,2,4,8-10,12-13,15H2,1H3,(H,22,25)/t19-/m1/s1. The Kier molecular flexibility index (Phi) is 5.45. The third-order valence-electron chi connectivity index (χ3n) is 5.53. The first-order valence-electron chi connectivity index (χ1n) is 9.70. The molecular weight excluding hydrogens is 342 g/mol. The predicted octanol–water partition coefficient (Wildman–Crippen LogP) is 2.47. The molecule has 2 aromatic rings. The van der Waals surface area contributed by atoms with E-state index in [9.17, 15) is 4.79 Å². The average molecular weight is 369 g/mol. The van der Waals surface area contributed by atoms with Crippen molar-refractivity contribution >= 4 is 11.6 Å². The van der Waals surface area contributed by atoms with Gasteiger partial charge in [-0.05, 0) is 42.2 Å². The maximum absolute atomic E-state index is 12.3. The van der Waals surface area contributed by atoms with Gasteiger partial charge in [0.2, 0.25) is 0 Å². The van der Waals surface area contributed by atoms with Gasteiger partial charge < -0.3 is 19.4 Å². The van der Waals surface area contributed by atoms with Crippen LogP contribution in [0.1, 0.15) is 34.1 Å². The summed E-state index contributed by atoms with van der Waals surface area (Å²) >= 11 is 0. The molecule has 0 saturated carbocycles. The van der Waals surface area contributed by atoms with Crippen molar-refractivity contribution in [2.45, 2.75) is 18.9 Å². The molecule has 144 valence electrons. The van der Waals surface area contributed by atoms with Gasteiger partial charge in [0.15, 0.2) is 5.76 Å². The first kappa shape index (κ1) is 18.1. The number of rotatable bonds is 5. The minimum absolute atomic E-state index is 0.130. The summed E-state index contributed by atoms with van der Waals surface area (Å²) in [5.74, 6) is 0.179. The molecule has 0 aliphatic carbocycles. The number of furan rings is 1. The van der Waals surface area contributed by atoms with Crippen LogP contribution in [-0.4, -0.2) is 57.2 Å². The second-order valence-corrected chi connectivity index (χ2v) is 7.26. The van der Waals surface area contributed by atoms with E-state index in [0.717, 1.165) is 39.3 Å². The number of aryl methyl sites for hydroxylation is 1. The zero-order valence-corrected chi connectivity index (χ0v) is 15.8. The van der Waals surface area contributed by atoms with Crippen molar-refractivity contribution in [3.05, 3.63) is 53.5 Å². The molecule has 1 aromatic carbocycles. The number of hydrogen-bond acceptors (Lipinski definition) is 5. The van der Waals surface area contributed by atoms with Gasteiger partial charge in [-0.2, -0.15) is 0 Å². The van der Waals surface area contributed by atoms with Crippen molar-refractivity contribution in [2.24, 2.45) is 0 Å². The van der Waals surface area contributed by atoms with Crippen molar-refractivity contribution in [3.63, 3.8) is 0 Å². The molecule has 0 radical (unpaired) electrons. The quantitative estimate of drug-likeness (QED) is 0.877. The average Bonchev–Trinajstić information content (AvgIpc) is 3.24. The Labute approximate surface area is 160 Å². The Morgan fingerprint density at radius 3 is 2.85 bits per heavy atom. The van der Waals surface area contributed by atoms with Crippen LogP contribution < -0.4 is 10.2 Å².